The van der Waals surface area contributed by atoms with Gasteiger partial charge in [-0.3, -0.25) is 4.79 Å². The summed E-state index contributed by atoms with van der Waals surface area (Å²) < 4.78 is 21.6. The number of hydrogen-bond donors (Lipinski definition) is 1. The Bertz CT molecular complexity index is 1370. The van der Waals surface area contributed by atoms with Crippen LogP contribution in [0.1, 0.15) is 41.5 Å². The topological polar surface area (TPSA) is 85.6 Å². The molecule has 178 valence electrons. The number of carboxylic acids is 1. The number of carbonyl (C=O) groups is 2. The third kappa shape index (κ3) is 4.97. The summed E-state index contributed by atoms with van der Waals surface area (Å²) in [6, 6.07) is 6.43. The van der Waals surface area contributed by atoms with Crippen molar-refractivity contribution in [3.63, 3.8) is 0 Å². The van der Waals surface area contributed by atoms with Gasteiger partial charge in [0.25, 0.3) is 0 Å². The van der Waals surface area contributed by atoms with Gasteiger partial charge in [-0.2, -0.15) is 0 Å². The summed E-state index contributed by atoms with van der Waals surface area (Å²) in [4.78, 5) is 38.0. The van der Waals surface area contributed by atoms with E-state index in [9.17, 15) is 23.9 Å². The standard InChI is InChI=1S/C24H19Cl3FNO5/c1-4-29-10-15(13-8-14(17(26)9-19(13)28)24(33)34-11(2)3)22(30)20(23(31)32)21(29)12-5-6-16(25)18(27)7-12/h5-11H,4H2,1-3H3,(H,31,32). The minimum Gasteiger partial charge on any atom is -0.477 e. The molecule has 1 heterocycles. The summed E-state index contributed by atoms with van der Waals surface area (Å²) in [5.41, 5.74) is -1.79. The molecule has 2 aromatic carbocycles. The summed E-state index contributed by atoms with van der Waals surface area (Å²) in [6.45, 7) is 5.24. The average Bonchev–Trinajstić information content (AvgIpc) is 2.75. The Kier molecular flexibility index (Phi) is 7.70. The maximum atomic E-state index is 14.9. The molecule has 3 aromatic rings. The molecule has 0 saturated heterocycles. The lowest BCUT2D eigenvalue weighted by Crippen LogP contribution is -2.23. The molecule has 3 rings (SSSR count). The number of carboxylic acid groups (broad SMARTS) is 1. The molecule has 0 fully saturated rings. The third-order valence-electron chi connectivity index (χ3n) is 4.94. The van der Waals surface area contributed by atoms with Gasteiger partial charge >= 0.3 is 11.9 Å². The Morgan fingerprint density at radius 1 is 1.06 bits per heavy atom. The highest BCUT2D eigenvalue weighted by Crippen LogP contribution is 2.33. The molecule has 0 unspecified atom stereocenters. The van der Waals surface area contributed by atoms with Crippen molar-refractivity contribution < 1.29 is 23.8 Å². The lowest BCUT2D eigenvalue weighted by Gasteiger charge is -2.18. The largest absolute Gasteiger partial charge is 0.477 e. The number of aromatic carboxylic acids is 1. The maximum Gasteiger partial charge on any atom is 0.341 e. The fraction of sp³-hybridized carbons (Fsp3) is 0.208. The predicted octanol–water partition coefficient (Wildman–Crippen LogP) is 6.56. The van der Waals surface area contributed by atoms with E-state index in [4.69, 9.17) is 39.5 Å². The first-order valence-electron chi connectivity index (χ1n) is 10.1. The number of nitrogens with zero attached hydrogens (tertiary/aromatic N) is 1. The van der Waals surface area contributed by atoms with Crippen molar-refractivity contribution in [1.82, 2.24) is 4.57 Å². The summed E-state index contributed by atoms with van der Waals surface area (Å²) in [6.07, 6.45) is 0.870. The van der Waals surface area contributed by atoms with Gasteiger partial charge in [0.15, 0.2) is 0 Å². The predicted molar refractivity (Wildman–Crippen MR) is 130 cm³/mol. The highest BCUT2D eigenvalue weighted by atomic mass is 35.5. The smallest absolute Gasteiger partial charge is 0.341 e. The van der Waals surface area contributed by atoms with Crippen molar-refractivity contribution in [3.8, 4) is 22.4 Å². The molecule has 10 heteroatoms. The SMILES string of the molecule is CCn1cc(-c2cc(C(=O)OC(C)C)c(Cl)cc2F)c(=O)c(C(=O)O)c1-c1ccc(Cl)c(Cl)c1. The normalized spacial score (nSPS) is 11.1. The Labute approximate surface area is 209 Å². The Morgan fingerprint density at radius 3 is 2.29 bits per heavy atom. The van der Waals surface area contributed by atoms with E-state index in [2.05, 4.69) is 0 Å². The first-order chi connectivity index (χ1) is 16.0. The fourth-order valence-electron chi connectivity index (χ4n) is 3.45. The van der Waals surface area contributed by atoms with Gasteiger partial charge in [0.1, 0.15) is 11.4 Å². The number of halogens is 4. The van der Waals surface area contributed by atoms with Crippen LogP contribution in [0.25, 0.3) is 22.4 Å². The van der Waals surface area contributed by atoms with Crippen LogP contribution in [0, 0.1) is 5.82 Å². The van der Waals surface area contributed by atoms with Gasteiger partial charge < -0.3 is 14.4 Å². The van der Waals surface area contributed by atoms with Crippen molar-refractivity contribution in [2.24, 2.45) is 0 Å². The molecule has 0 spiro atoms. The van der Waals surface area contributed by atoms with Crippen LogP contribution in [0.15, 0.2) is 41.3 Å². The second-order valence-electron chi connectivity index (χ2n) is 7.58. The van der Waals surface area contributed by atoms with Crippen molar-refractivity contribution in [1.29, 1.82) is 0 Å². The summed E-state index contributed by atoms with van der Waals surface area (Å²) in [5.74, 6) is -3.21. The van der Waals surface area contributed by atoms with Crippen molar-refractivity contribution >= 4 is 46.7 Å². The lowest BCUT2D eigenvalue weighted by molar-refractivity contribution is 0.0377. The third-order valence-corrected chi connectivity index (χ3v) is 5.99. The van der Waals surface area contributed by atoms with Crippen LogP contribution < -0.4 is 5.43 Å². The Morgan fingerprint density at radius 2 is 1.74 bits per heavy atom. The first kappa shape index (κ1) is 25.7. The maximum absolute atomic E-state index is 14.9. The number of carbonyl (C=O) groups excluding carboxylic acids is 1. The van der Waals surface area contributed by atoms with Gasteiger partial charge in [0.2, 0.25) is 5.43 Å². The quantitative estimate of drug-likeness (QED) is 0.367. The van der Waals surface area contributed by atoms with Crippen molar-refractivity contribution in [3.05, 3.63) is 78.8 Å². The molecular weight excluding hydrogens is 508 g/mol. The zero-order chi connectivity index (χ0) is 25.3. The van der Waals surface area contributed by atoms with Crippen LogP contribution in [0.5, 0.6) is 0 Å². The zero-order valence-electron chi connectivity index (χ0n) is 18.3. The summed E-state index contributed by atoms with van der Waals surface area (Å²) in [5, 5.41) is 10.1. The van der Waals surface area contributed by atoms with Gasteiger partial charge in [0, 0.05) is 29.4 Å². The minimum atomic E-state index is -1.51. The molecular formula is C24H19Cl3FNO5. The van der Waals surface area contributed by atoms with E-state index in [0.717, 1.165) is 12.1 Å². The van der Waals surface area contributed by atoms with Crippen LogP contribution in [-0.2, 0) is 11.3 Å². The number of pyridine rings is 1. The summed E-state index contributed by atoms with van der Waals surface area (Å²) >= 11 is 18.1. The van der Waals surface area contributed by atoms with E-state index >= 15 is 0 Å². The molecule has 1 N–H and O–H groups in total. The van der Waals surface area contributed by atoms with Gasteiger partial charge in [0.05, 0.1) is 32.4 Å². The van der Waals surface area contributed by atoms with Crippen LogP contribution >= 0.6 is 34.8 Å². The van der Waals surface area contributed by atoms with E-state index < -0.39 is 34.9 Å². The van der Waals surface area contributed by atoms with Gasteiger partial charge in [-0.25, -0.2) is 14.0 Å². The van der Waals surface area contributed by atoms with E-state index in [-0.39, 0.29) is 44.0 Å². The molecule has 0 amide bonds. The van der Waals surface area contributed by atoms with Crippen LogP contribution in [0.3, 0.4) is 0 Å². The summed E-state index contributed by atoms with van der Waals surface area (Å²) in [7, 11) is 0. The highest BCUT2D eigenvalue weighted by Gasteiger charge is 2.26. The zero-order valence-corrected chi connectivity index (χ0v) is 20.6. The van der Waals surface area contributed by atoms with E-state index in [1.165, 1.54) is 29.0 Å². The van der Waals surface area contributed by atoms with Crippen LogP contribution in [-0.4, -0.2) is 27.7 Å². The highest BCUT2D eigenvalue weighted by molar-refractivity contribution is 6.42. The lowest BCUT2D eigenvalue weighted by atomic mass is 9.97. The molecule has 0 atom stereocenters. The van der Waals surface area contributed by atoms with E-state index in [0.29, 0.717) is 5.56 Å². The molecule has 0 saturated carbocycles. The van der Waals surface area contributed by atoms with Crippen LogP contribution in [0.2, 0.25) is 15.1 Å². The van der Waals surface area contributed by atoms with Crippen LogP contribution in [0.4, 0.5) is 4.39 Å². The molecule has 0 aliphatic rings. The minimum absolute atomic E-state index is 0.0797. The number of aryl methyl sites for hydroxylation is 1. The van der Waals surface area contributed by atoms with E-state index in [1.54, 1.807) is 20.8 Å². The first-order valence-corrected chi connectivity index (χ1v) is 11.3. The van der Waals surface area contributed by atoms with Gasteiger partial charge in [-0.1, -0.05) is 40.9 Å². The molecule has 0 aliphatic heterocycles. The number of hydrogen-bond acceptors (Lipinski definition) is 4. The van der Waals surface area contributed by atoms with E-state index in [1.807, 2.05) is 0 Å². The Hall–Kier alpha value is -2.87. The molecule has 34 heavy (non-hydrogen) atoms. The van der Waals surface area contributed by atoms with Gasteiger partial charge in [-0.15, -0.1) is 0 Å². The van der Waals surface area contributed by atoms with Gasteiger partial charge in [-0.05, 0) is 45.0 Å². The number of benzene rings is 2. The molecule has 6 nitrogen and oxygen atoms in total. The average molecular weight is 527 g/mol. The number of ether oxygens (including phenoxy) is 1. The van der Waals surface area contributed by atoms with Crippen molar-refractivity contribution in [2.75, 3.05) is 0 Å². The second kappa shape index (κ2) is 10.2. The molecule has 1 aromatic heterocycles. The molecule has 0 bridgehead atoms. The molecule has 0 aliphatic carbocycles. The number of aromatic nitrogens is 1. The second-order valence-corrected chi connectivity index (χ2v) is 8.80. The number of esters is 1. The monoisotopic (exact) mass is 525 g/mol. The fourth-order valence-corrected chi connectivity index (χ4v) is 3.97. The number of rotatable bonds is 6. The Balaban J connectivity index is 2.34. The molecule has 0 radical (unpaired) electrons. The van der Waals surface area contributed by atoms with Crippen molar-refractivity contribution in [2.45, 2.75) is 33.4 Å².